The molecule has 0 saturated heterocycles. The van der Waals surface area contributed by atoms with Crippen LogP contribution >= 0.6 is 0 Å². The van der Waals surface area contributed by atoms with Crippen LogP contribution in [0, 0.1) is 0 Å². The predicted octanol–water partition coefficient (Wildman–Crippen LogP) is -1.51. The van der Waals surface area contributed by atoms with E-state index < -0.39 is 17.9 Å². The van der Waals surface area contributed by atoms with E-state index in [4.69, 9.17) is 11.5 Å². The van der Waals surface area contributed by atoms with Gasteiger partial charge in [-0.3, -0.25) is 9.59 Å². The minimum Gasteiger partial charge on any atom is -0.370 e. The van der Waals surface area contributed by atoms with Crippen molar-refractivity contribution in [1.29, 1.82) is 0 Å². The van der Waals surface area contributed by atoms with E-state index in [9.17, 15) is 9.59 Å². The Morgan fingerprint density at radius 3 is 2.58 bits per heavy atom. The summed E-state index contributed by atoms with van der Waals surface area (Å²) in [6.07, 6.45) is 1.39. The third-order valence-electron chi connectivity index (χ3n) is 1.18. The first kappa shape index (κ1) is 10.6. The number of rotatable bonds is 5. The van der Waals surface area contributed by atoms with Crippen molar-refractivity contribution in [1.82, 2.24) is 5.32 Å². The maximum absolute atomic E-state index is 10.9. The van der Waals surface area contributed by atoms with Gasteiger partial charge in [-0.1, -0.05) is 6.08 Å². The summed E-state index contributed by atoms with van der Waals surface area (Å²) in [7, 11) is 0. The molecule has 0 aliphatic heterocycles. The Morgan fingerprint density at radius 1 is 1.58 bits per heavy atom. The Bertz CT molecular complexity index is 191. The van der Waals surface area contributed by atoms with Crippen LogP contribution in [0.15, 0.2) is 12.7 Å². The molecule has 12 heavy (non-hydrogen) atoms. The summed E-state index contributed by atoms with van der Waals surface area (Å²) < 4.78 is 0. The average Bonchev–Trinajstić information content (AvgIpc) is 1.98. The molecule has 0 saturated carbocycles. The highest BCUT2D eigenvalue weighted by atomic mass is 16.2. The molecular weight excluding hydrogens is 158 g/mol. The maximum Gasteiger partial charge on any atom is 0.237 e. The van der Waals surface area contributed by atoms with E-state index in [0.29, 0.717) is 6.54 Å². The number of primary amides is 1. The predicted molar refractivity (Wildman–Crippen MR) is 45.0 cm³/mol. The molecule has 0 aliphatic rings. The van der Waals surface area contributed by atoms with Gasteiger partial charge in [-0.25, -0.2) is 0 Å². The van der Waals surface area contributed by atoms with Crippen molar-refractivity contribution in [2.45, 2.75) is 12.5 Å². The van der Waals surface area contributed by atoms with E-state index in [1.54, 1.807) is 0 Å². The van der Waals surface area contributed by atoms with Gasteiger partial charge in [0.2, 0.25) is 11.8 Å². The molecule has 0 aromatic carbocycles. The lowest BCUT2D eigenvalue weighted by Gasteiger charge is -2.08. The van der Waals surface area contributed by atoms with Gasteiger partial charge in [-0.15, -0.1) is 6.58 Å². The fourth-order valence-corrected chi connectivity index (χ4v) is 0.613. The summed E-state index contributed by atoms with van der Waals surface area (Å²) in [5, 5.41) is 2.45. The number of carbonyl (C=O) groups excluding carboxylic acids is 2. The average molecular weight is 171 g/mol. The number of hydrogen-bond donors (Lipinski definition) is 3. The SMILES string of the molecule is C=CCNC(=O)[C@@H](N)CC(N)=O. The Morgan fingerprint density at radius 2 is 2.17 bits per heavy atom. The van der Waals surface area contributed by atoms with Gasteiger partial charge in [0.15, 0.2) is 0 Å². The Balaban J connectivity index is 3.76. The summed E-state index contributed by atoms with van der Waals surface area (Å²) in [5.74, 6) is -0.982. The van der Waals surface area contributed by atoms with Gasteiger partial charge in [-0.2, -0.15) is 0 Å². The largest absolute Gasteiger partial charge is 0.370 e. The molecule has 0 rings (SSSR count). The molecule has 0 radical (unpaired) electrons. The molecule has 0 heterocycles. The Kier molecular flexibility index (Phi) is 4.71. The van der Waals surface area contributed by atoms with E-state index in [0.717, 1.165) is 0 Å². The molecule has 2 amide bonds. The lowest BCUT2D eigenvalue weighted by atomic mass is 10.2. The van der Waals surface area contributed by atoms with E-state index in [2.05, 4.69) is 11.9 Å². The first-order valence-corrected chi connectivity index (χ1v) is 3.50. The second-order valence-electron chi connectivity index (χ2n) is 2.31. The van der Waals surface area contributed by atoms with E-state index in [-0.39, 0.29) is 6.42 Å². The van der Waals surface area contributed by atoms with Gasteiger partial charge in [0.05, 0.1) is 12.5 Å². The molecule has 0 bridgehead atoms. The van der Waals surface area contributed by atoms with Crippen molar-refractivity contribution in [2.75, 3.05) is 6.54 Å². The van der Waals surface area contributed by atoms with Crippen LogP contribution < -0.4 is 16.8 Å². The lowest BCUT2D eigenvalue weighted by Crippen LogP contribution is -2.42. The molecule has 0 aromatic rings. The monoisotopic (exact) mass is 171 g/mol. The zero-order valence-corrected chi connectivity index (χ0v) is 6.75. The van der Waals surface area contributed by atoms with E-state index in [1.165, 1.54) is 6.08 Å². The minimum absolute atomic E-state index is 0.136. The second-order valence-corrected chi connectivity index (χ2v) is 2.31. The highest BCUT2D eigenvalue weighted by Gasteiger charge is 2.14. The van der Waals surface area contributed by atoms with Crippen molar-refractivity contribution in [3.63, 3.8) is 0 Å². The molecule has 0 fully saturated rings. The topological polar surface area (TPSA) is 98.2 Å². The zero-order valence-electron chi connectivity index (χ0n) is 6.75. The van der Waals surface area contributed by atoms with Crippen LogP contribution in [0.2, 0.25) is 0 Å². The Labute approximate surface area is 70.8 Å². The third kappa shape index (κ3) is 4.45. The van der Waals surface area contributed by atoms with Crippen molar-refractivity contribution >= 4 is 11.8 Å². The number of nitrogens with one attached hydrogen (secondary N) is 1. The van der Waals surface area contributed by atoms with Gasteiger partial charge >= 0.3 is 0 Å². The standard InChI is InChI=1S/C7H13N3O2/c1-2-3-10-7(12)5(8)4-6(9)11/h2,5H,1,3-4,8H2,(H2,9,11)(H,10,12)/t5-/m0/s1. The molecule has 5 N–H and O–H groups in total. The van der Waals surface area contributed by atoms with Gasteiger partial charge in [0.1, 0.15) is 0 Å². The normalized spacial score (nSPS) is 11.8. The van der Waals surface area contributed by atoms with Crippen molar-refractivity contribution in [3.8, 4) is 0 Å². The molecule has 5 nitrogen and oxygen atoms in total. The summed E-state index contributed by atoms with van der Waals surface area (Å²) in [6.45, 7) is 3.74. The smallest absolute Gasteiger partial charge is 0.237 e. The molecule has 0 unspecified atom stereocenters. The zero-order chi connectivity index (χ0) is 9.56. The molecule has 1 atom stereocenters. The Hall–Kier alpha value is -1.36. The second kappa shape index (κ2) is 5.31. The fourth-order valence-electron chi connectivity index (χ4n) is 0.613. The lowest BCUT2D eigenvalue weighted by molar-refractivity contribution is -0.126. The summed E-state index contributed by atoms with van der Waals surface area (Å²) >= 11 is 0. The molecule has 68 valence electrons. The highest BCUT2D eigenvalue weighted by molar-refractivity contribution is 5.87. The summed E-state index contributed by atoms with van der Waals surface area (Å²) in [4.78, 5) is 21.3. The first-order valence-electron chi connectivity index (χ1n) is 3.50. The summed E-state index contributed by atoms with van der Waals surface area (Å²) in [6, 6.07) is -0.859. The van der Waals surface area contributed by atoms with Crippen molar-refractivity contribution in [3.05, 3.63) is 12.7 Å². The number of amides is 2. The van der Waals surface area contributed by atoms with Crippen LogP contribution in [0.25, 0.3) is 0 Å². The highest BCUT2D eigenvalue weighted by Crippen LogP contribution is 1.85. The number of carbonyl (C=O) groups is 2. The summed E-state index contributed by atoms with van der Waals surface area (Å²) in [5.41, 5.74) is 10.2. The van der Waals surface area contributed by atoms with Crippen LogP contribution in [0.1, 0.15) is 6.42 Å². The van der Waals surface area contributed by atoms with Gasteiger partial charge in [0, 0.05) is 6.54 Å². The fraction of sp³-hybridized carbons (Fsp3) is 0.429. The molecule has 0 aromatic heterocycles. The molecule has 0 aliphatic carbocycles. The number of hydrogen-bond acceptors (Lipinski definition) is 3. The maximum atomic E-state index is 10.9. The van der Waals surface area contributed by atoms with Crippen molar-refractivity contribution < 1.29 is 9.59 Å². The third-order valence-corrected chi connectivity index (χ3v) is 1.18. The molecule has 5 heteroatoms. The van der Waals surface area contributed by atoms with Gasteiger partial charge < -0.3 is 16.8 Å². The van der Waals surface area contributed by atoms with Crippen LogP contribution in [0.5, 0.6) is 0 Å². The van der Waals surface area contributed by atoms with E-state index >= 15 is 0 Å². The van der Waals surface area contributed by atoms with Crippen LogP contribution in [-0.2, 0) is 9.59 Å². The van der Waals surface area contributed by atoms with Crippen molar-refractivity contribution in [2.24, 2.45) is 11.5 Å². The number of nitrogens with two attached hydrogens (primary N) is 2. The van der Waals surface area contributed by atoms with Crippen LogP contribution in [-0.4, -0.2) is 24.4 Å². The molecule has 0 spiro atoms. The van der Waals surface area contributed by atoms with Crippen LogP contribution in [0.4, 0.5) is 0 Å². The first-order chi connectivity index (χ1) is 5.57. The van der Waals surface area contributed by atoms with E-state index in [1.807, 2.05) is 0 Å². The quantitative estimate of drug-likeness (QED) is 0.438. The van der Waals surface area contributed by atoms with Crippen LogP contribution in [0.3, 0.4) is 0 Å². The van der Waals surface area contributed by atoms with Gasteiger partial charge in [-0.05, 0) is 0 Å². The van der Waals surface area contributed by atoms with Gasteiger partial charge in [0.25, 0.3) is 0 Å². The minimum atomic E-state index is -0.859. The molecular formula is C7H13N3O2.